The lowest BCUT2D eigenvalue weighted by atomic mass is 9.90. The van der Waals surface area contributed by atoms with E-state index < -0.39 is 0 Å². The number of carbonyl (C=O) groups is 1. The monoisotopic (exact) mass is 380 g/mol. The van der Waals surface area contributed by atoms with Crippen LogP contribution < -0.4 is 5.32 Å². The van der Waals surface area contributed by atoms with Gasteiger partial charge in [-0.3, -0.25) is 4.79 Å². The fourth-order valence-corrected chi connectivity index (χ4v) is 4.05. The summed E-state index contributed by atoms with van der Waals surface area (Å²) in [6.45, 7) is 3.93. The van der Waals surface area contributed by atoms with Crippen LogP contribution in [0.2, 0.25) is 0 Å². The Morgan fingerprint density at radius 3 is 2.68 bits per heavy atom. The van der Waals surface area contributed by atoms with E-state index in [0.29, 0.717) is 11.3 Å². The second kappa shape index (κ2) is 7.66. The van der Waals surface area contributed by atoms with Crippen molar-refractivity contribution in [2.75, 3.05) is 7.05 Å². The van der Waals surface area contributed by atoms with Gasteiger partial charge >= 0.3 is 0 Å². The average molecular weight is 380 g/mol. The molecule has 1 N–H and O–H groups in total. The lowest BCUT2D eigenvalue weighted by Gasteiger charge is -2.35. The molecule has 1 fully saturated rings. The van der Waals surface area contributed by atoms with Gasteiger partial charge in [0.1, 0.15) is 11.6 Å². The molecule has 2 aromatic rings. The highest BCUT2D eigenvalue weighted by Gasteiger charge is 2.40. The van der Waals surface area contributed by atoms with Crippen LogP contribution in [0.15, 0.2) is 64.7 Å². The molecule has 5 heteroatoms. The summed E-state index contributed by atoms with van der Waals surface area (Å²) < 4.78 is 19.8. The number of furan rings is 1. The number of hydrogen-bond acceptors (Lipinski definition) is 3. The van der Waals surface area contributed by atoms with E-state index in [2.05, 4.69) is 11.9 Å². The van der Waals surface area contributed by atoms with Crippen molar-refractivity contribution in [2.45, 2.75) is 44.2 Å². The summed E-state index contributed by atoms with van der Waals surface area (Å²) in [4.78, 5) is 15.3. The van der Waals surface area contributed by atoms with Crippen molar-refractivity contribution in [2.24, 2.45) is 0 Å². The van der Waals surface area contributed by atoms with Gasteiger partial charge in [-0.1, -0.05) is 24.8 Å². The summed E-state index contributed by atoms with van der Waals surface area (Å²) >= 11 is 0. The van der Waals surface area contributed by atoms with Gasteiger partial charge < -0.3 is 14.6 Å². The largest absolute Gasteiger partial charge is 0.451 e. The van der Waals surface area contributed by atoms with Crippen LogP contribution in [0, 0.1) is 5.82 Å². The van der Waals surface area contributed by atoms with E-state index in [-0.39, 0.29) is 29.6 Å². The zero-order valence-corrected chi connectivity index (χ0v) is 16.1. The topological polar surface area (TPSA) is 45.5 Å². The Morgan fingerprint density at radius 1 is 1.21 bits per heavy atom. The predicted molar refractivity (Wildman–Crippen MR) is 107 cm³/mol. The molecule has 1 atom stereocenters. The molecule has 0 bridgehead atoms. The molecule has 1 saturated carbocycles. The van der Waals surface area contributed by atoms with Crippen molar-refractivity contribution in [3.63, 3.8) is 0 Å². The summed E-state index contributed by atoms with van der Waals surface area (Å²) in [5, 5.41) is 3.25. The third-order valence-corrected chi connectivity index (χ3v) is 5.64. The minimum Gasteiger partial charge on any atom is -0.451 e. The number of amides is 1. The Labute approximate surface area is 164 Å². The highest BCUT2D eigenvalue weighted by molar-refractivity contribution is 5.93. The van der Waals surface area contributed by atoms with Gasteiger partial charge in [0.05, 0.1) is 5.56 Å². The van der Waals surface area contributed by atoms with E-state index in [9.17, 15) is 9.18 Å². The van der Waals surface area contributed by atoms with Crippen LogP contribution in [0.25, 0.3) is 11.3 Å². The van der Waals surface area contributed by atoms with Gasteiger partial charge in [0, 0.05) is 24.8 Å². The van der Waals surface area contributed by atoms with Gasteiger partial charge in [-0.25, -0.2) is 4.39 Å². The maximum absolute atomic E-state index is 14.0. The fourth-order valence-electron chi connectivity index (χ4n) is 4.05. The van der Waals surface area contributed by atoms with Crippen LogP contribution in [-0.4, -0.2) is 29.9 Å². The zero-order valence-electron chi connectivity index (χ0n) is 16.1. The van der Waals surface area contributed by atoms with Crippen molar-refractivity contribution in [1.82, 2.24) is 10.2 Å². The standard InChI is InChI=1S/C23H25FN2O2/c1-3-15-14-17(10-11-20(15)25-2)26(16-8-9-16)23(27)22-13-12-21(28-22)18-6-4-5-7-19(18)24/h3-7,12-13,16-17,25H,1,8-11,14H2,2H3. The van der Waals surface area contributed by atoms with E-state index in [1.165, 1.54) is 17.3 Å². The molecule has 1 unspecified atom stereocenters. The molecule has 4 nitrogen and oxygen atoms in total. The predicted octanol–water partition coefficient (Wildman–Crippen LogP) is 4.90. The first-order valence-electron chi connectivity index (χ1n) is 9.82. The SMILES string of the molecule is C=CC1=C(NC)CCC(N(C(=O)c2ccc(-c3ccccc3F)o2)C2CC2)C1. The molecule has 2 aliphatic carbocycles. The van der Waals surface area contributed by atoms with E-state index in [0.717, 1.165) is 32.1 Å². The summed E-state index contributed by atoms with van der Waals surface area (Å²) in [6, 6.07) is 10.2. The molecule has 1 aromatic heterocycles. The summed E-state index contributed by atoms with van der Waals surface area (Å²) in [7, 11) is 1.93. The molecule has 0 saturated heterocycles. The van der Waals surface area contributed by atoms with E-state index >= 15 is 0 Å². The molecule has 2 aliphatic rings. The number of carbonyl (C=O) groups excluding carboxylic acids is 1. The minimum atomic E-state index is -0.359. The van der Waals surface area contributed by atoms with Gasteiger partial charge in [0.15, 0.2) is 5.76 Å². The third-order valence-electron chi connectivity index (χ3n) is 5.64. The minimum absolute atomic E-state index is 0.105. The maximum atomic E-state index is 14.0. The molecule has 0 aliphatic heterocycles. The molecule has 1 heterocycles. The highest BCUT2D eigenvalue weighted by atomic mass is 19.1. The van der Waals surface area contributed by atoms with Crippen molar-refractivity contribution in [3.8, 4) is 11.3 Å². The normalized spacial score (nSPS) is 19.4. The van der Waals surface area contributed by atoms with Gasteiger partial charge in [-0.15, -0.1) is 0 Å². The van der Waals surface area contributed by atoms with Gasteiger partial charge in [-0.2, -0.15) is 0 Å². The first kappa shape index (κ1) is 18.5. The molecule has 28 heavy (non-hydrogen) atoms. The maximum Gasteiger partial charge on any atom is 0.290 e. The fraction of sp³-hybridized carbons (Fsp3) is 0.348. The van der Waals surface area contributed by atoms with Crippen molar-refractivity contribution in [3.05, 3.63) is 71.9 Å². The summed E-state index contributed by atoms with van der Waals surface area (Å²) in [6.07, 6.45) is 6.54. The Balaban J connectivity index is 1.58. The molecule has 146 valence electrons. The quantitative estimate of drug-likeness (QED) is 0.775. The van der Waals surface area contributed by atoms with E-state index in [4.69, 9.17) is 4.42 Å². The molecular formula is C23H25FN2O2. The van der Waals surface area contributed by atoms with Crippen LogP contribution in [-0.2, 0) is 0 Å². The first-order chi connectivity index (χ1) is 13.6. The average Bonchev–Trinajstić information content (AvgIpc) is 3.43. The van der Waals surface area contributed by atoms with Crippen LogP contribution in [0.5, 0.6) is 0 Å². The highest BCUT2D eigenvalue weighted by Crippen LogP contribution is 2.37. The summed E-state index contributed by atoms with van der Waals surface area (Å²) in [5.41, 5.74) is 2.74. The van der Waals surface area contributed by atoms with Crippen LogP contribution >= 0.6 is 0 Å². The first-order valence-corrected chi connectivity index (χ1v) is 9.82. The Bertz CT molecular complexity index is 926. The number of nitrogens with one attached hydrogen (secondary N) is 1. The van der Waals surface area contributed by atoms with Gasteiger partial charge in [0.25, 0.3) is 5.91 Å². The van der Waals surface area contributed by atoms with Crippen molar-refractivity contribution >= 4 is 5.91 Å². The lowest BCUT2D eigenvalue weighted by Crippen LogP contribution is -2.43. The molecular weight excluding hydrogens is 355 g/mol. The van der Waals surface area contributed by atoms with Gasteiger partial charge in [0.2, 0.25) is 0 Å². The smallest absolute Gasteiger partial charge is 0.290 e. The van der Waals surface area contributed by atoms with E-state index in [1.807, 2.05) is 18.0 Å². The second-order valence-electron chi connectivity index (χ2n) is 7.44. The molecule has 0 spiro atoms. The molecule has 1 amide bonds. The Morgan fingerprint density at radius 2 is 2.00 bits per heavy atom. The van der Waals surface area contributed by atoms with Crippen LogP contribution in [0.4, 0.5) is 4.39 Å². The van der Waals surface area contributed by atoms with Crippen LogP contribution in [0.1, 0.15) is 42.7 Å². The number of allylic oxidation sites excluding steroid dienone is 2. The van der Waals surface area contributed by atoms with Crippen molar-refractivity contribution in [1.29, 1.82) is 0 Å². The molecule has 0 radical (unpaired) electrons. The number of hydrogen-bond donors (Lipinski definition) is 1. The molecule has 4 rings (SSSR count). The summed E-state index contributed by atoms with van der Waals surface area (Å²) in [5.74, 6) is 0.188. The zero-order chi connectivity index (χ0) is 19.7. The molecule has 1 aromatic carbocycles. The Kier molecular flexibility index (Phi) is 5.07. The lowest BCUT2D eigenvalue weighted by molar-refractivity contribution is 0.0611. The third kappa shape index (κ3) is 3.49. The number of rotatable bonds is 6. The van der Waals surface area contributed by atoms with Crippen molar-refractivity contribution < 1.29 is 13.6 Å². The number of halogens is 1. The number of nitrogens with zero attached hydrogens (tertiary/aromatic N) is 1. The van der Waals surface area contributed by atoms with Gasteiger partial charge in [-0.05, 0) is 61.9 Å². The number of benzene rings is 1. The second-order valence-corrected chi connectivity index (χ2v) is 7.44. The van der Waals surface area contributed by atoms with E-state index in [1.54, 1.807) is 30.3 Å². The van der Waals surface area contributed by atoms with Crippen LogP contribution in [0.3, 0.4) is 0 Å². The Hall–Kier alpha value is -2.82.